The second-order valence-corrected chi connectivity index (χ2v) is 5.80. The van der Waals surface area contributed by atoms with Crippen LogP contribution < -0.4 is 10.2 Å². The van der Waals surface area contributed by atoms with E-state index in [9.17, 15) is 0 Å². The average molecular weight is 269 g/mol. The van der Waals surface area contributed by atoms with Gasteiger partial charge in [0.25, 0.3) is 0 Å². The van der Waals surface area contributed by atoms with Crippen LogP contribution in [0.1, 0.15) is 36.9 Å². The van der Waals surface area contributed by atoms with Gasteiger partial charge in [0.1, 0.15) is 0 Å². The van der Waals surface area contributed by atoms with Crippen LogP contribution in [0, 0.1) is 6.92 Å². The lowest BCUT2D eigenvalue weighted by atomic mass is 10.2. The number of nitrogens with one attached hydrogen (secondary N) is 1. The van der Waals surface area contributed by atoms with Gasteiger partial charge in [0, 0.05) is 17.5 Å². The Morgan fingerprint density at radius 1 is 1.61 bits per heavy atom. The summed E-state index contributed by atoms with van der Waals surface area (Å²) in [4.78, 5) is 8.50. The lowest BCUT2D eigenvalue weighted by molar-refractivity contribution is 0.0929. The van der Waals surface area contributed by atoms with Gasteiger partial charge in [-0.3, -0.25) is 0 Å². The van der Waals surface area contributed by atoms with E-state index < -0.39 is 0 Å². The standard InChI is InChI=1S/C13H23N3OS/c1-5-11-8-17-7-6-16(11)13-15-10(3)12(18-13)9(2)14-4/h9,11,14H,5-8H2,1-4H3. The van der Waals surface area contributed by atoms with E-state index in [-0.39, 0.29) is 0 Å². The number of rotatable bonds is 4. The average Bonchev–Trinajstić information content (AvgIpc) is 2.79. The highest BCUT2D eigenvalue weighted by Gasteiger charge is 2.25. The van der Waals surface area contributed by atoms with E-state index in [1.807, 2.05) is 18.4 Å². The van der Waals surface area contributed by atoms with Crippen LogP contribution in [0.5, 0.6) is 0 Å². The Kier molecular flexibility index (Phi) is 4.59. The maximum absolute atomic E-state index is 5.55. The van der Waals surface area contributed by atoms with Crippen LogP contribution in [0.3, 0.4) is 0 Å². The summed E-state index contributed by atoms with van der Waals surface area (Å²) in [6.07, 6.45) is 1.11. The lowest BCUT2D eigenvalue weighted by Crippen LogP contribution is -2.45. The molecule has 0 saturated carbocycles. The van der Waals surface area contributed by atoms with E-state index in [4.69, 9.17) is 9.72 Å². The van der Waals surface area contributed by atoms with Crippen molar-refractivity contribution in [2.24, 2.45) is 0 Å². The SMILES string of the molecule is CCC1COCCN1c1nc(C)c(C(C)NC)s1. The molecule has 4 nitrogen and oxygen atoms in total. The summed E-state index contributed by atoms with van der Waals surface area (Å²) in [6, 6.07) is 0.847. The number of anilines is 1. The van der Waals surface area contributed by atoms with E-state index in [1.165, 1.54) is 4.88 Å². The molecule has 2 rings (SSSR count). The number of hydrogen-bond donors (Lipinski definition) is 1. The molecule has 0 amide bonds. The monoisotopic (exact) mass is 269 g/mol. The predicted molar refractivity (Wildman–Crippen MR) is 76.6 cm³/mol. The molecule has 0 aromatic carbocycles. The molecule has 18 heavy (non-hydrogen) atoms. The Hall–Kier alpha value is -0.650. The van der Waals surface area contributed by atoms with E-state index in [2.05, 4.69) is 31.0 Å². The topological polar surface area (TPSA) is 37.4 Å². The summed E-state index contributed by atoms with van der Waals surface area (Å²) in [5, 5.41) is 4.44. The van der Waals surface area contributed by atoms with Crippen LogP contribution in [0.4, 0.5) is 5.13 Å². The molecule has 0 spiro atoms. The highest BCUT2D eigenvalue weighted by atomic mass is 32.1. The second kappa shape index (κ2) is 5.99. The van der Waals surface area contributed by atoms with Crippen molar-refractivity contribution in [1.29, 1.82) is 0 Å². The zero-order valence-electron chi connectivity index (χ0n) is 11.7. The Bertz CT molecular complexity index is 394. The highest BCUT2D eigenvalue weighted by Crippen LogP contribution is 2.32. The lowest BCUT2D eigenvalue weighted by Gasteiger charge is -2.34. The first-order chi connectivity index (χ1) is 8.67. The van der Waals surface area contributed by atoms with Crippen molar-refractivity contribution < 1.29 is 4.74 Å². The first-order valence-corrected chi connectivity index (χ1v) is 7.48. The van der Waals surface area contributed by atoms with Crippen LogP contribution in [-0.2, 0) is 4.74 Å². The van der Waals surface area contributed by atoms with E-state index >= 15 is 0 Å². The summed E-state index contributed by atoms with van der Waals surface area (Å²) in [6.45, 7) is 9.09. The van der Waals surface area contributed by atoms with Crippen molar-refractivity contribution in [3.63, 3.8) is 0 Å². The summed E-state index contributed by atoms with van der Waals surface area (Å²) in [5.41, 5.74) is 1.15. The third-order valence-corrected chi connectivity index (χ3v) is 4.97. The van der Waals surface area contributed by atoms with Crippen LogP contribution in [-0.4, -0.2) is 37.8 Å². The number of hydrogen-bond acceptors (Lipinski definition) is 5. The quantitative estimate of drug-likeness (QED) is 0.910. The van der Waals surface area contributed by atoms with Crippen LogP contribution in [0.2, 0.25) is 0 Å². The Balaban J connectivity index is 2.22. The predicted octanol–water partition coefficient (Wildman–Crippen LogP) is 2.35. The fourth-order valence-electron chi connectivity index (χ4n) is 2.29. The maximum Gasteiger partial charge on any atom is 0.186 e. The second-order valence-electron chi connectivity index (χ2n) is 4.79. The van der Waals surface area contributed by atoms with Crippen molar-refractivity contribution in [2.75, 3.05) is 31.7 Å². The Morgan fingerprint density at radius 2 is 2.39 bits per heavy atom. The van der Waals surface area contributed by atoms with Gasteiger partial charge >= 0.3 is 0 Å². The van der Waals surface area contributed by atoms with Crippen LogP contribution in [0.25, 0.3) is 0 Å². The molecular weight excluding hydrogens is 246 g/mol. The van der Waals surface area contributed by atoms with Crippen molar-refractivity contribution >= 4 is 16.5 Å². The first-order valence-electron chi connectivity index (χ1n) is 6.66. The molecule has 1 saturated heterocycles. The minimum absolute atomic E-state index is 0.373. The van der Waals surface area contributed by atoms with Crippen molar-refractivity contribution in [1.82, 2.24) is 10.3 Å². The molecule has 1 fully saturated rings. The van der Waals surface area contributed by atoms with E-state index in [0.717, 1.165) is 37.0 Å². The summed E-state index contributed by atoms with van der Waals surface area (Å²) in [7, 11) is 1.99. The van der Waals surface area contributed by atoms with Crippen molar-refractivity contribution in [2.45, 2.75) is 39.3 Å². The number of thiazole rings is 1. The van der Waals surface area contributed by atoms with Gasteiger partial charge in [-0.05, 0) is 27.3 Å². The molecule has 0 radical (unpaired) electrons. The molecule has 1 aromatic rings. The number of aromatic nitrogens is 1. The molecule has 2 atom stereocenters. The number of nitrogens with zero attached hydrogens (tertiary/aromatic N) is 2. The molecule has 1 aliphatic heterocycles. The third kappa shape index (κ3) is 2.68. The zero-order chi connectivity index (χ0) is 13.1. The molecule has 102 valence electrons. The summed E-state index contributed by atoms with van der Waals surface area (Å²) >= 11 is 1.81. The highest BCUT2D eigenvalue weighted by molar-refractivity contribution is 7.15. The third-order valence-electron chi connectivity index (χ3n) is 3.59. The van der Waals surface area contributed by atoms with Gasteiger partial charge in [0.15, 0.2) is 5.13 Å². The largest absolute Gasteiger partial charge is 0.377 e. The van der Waals surface area contributed by atoms with Gasteiger partial charge in [0.2, 0.25) is 0 Å². The number of ether oxygens (including phenoxy) is 1. The molecule has 1 N–H and O–H groups in total. The van der Waals surface area contributed by atoms with Gasteiger partial charge in [-0.2, -0.15) is 0 Å². The molecular formula is C13H23N3OS. The van der Waals surface area contributed by atoms with E-state index in [1.54, 1.807) is 0 Å². The fraction of sp³-hybridized carbons (Fsp3) is 0.769. The first kappa shape index (κ1) is 13.8. The Morgan fingerprint density at radius 3 is 3.06 bits per heavy atom. The summed E-state index contributed by atoms with van der Waals surface area (Å²) < 4.78 is 5.55. The normalized spacial score (nSPS) is 22.2. The molecule has 0 bridgehead atoms. The van der Waals surface area contributed by atoms with Crippen LogP contribution >= 0.6 is 11.3 Å². The van der Waals surface area contributed by atoms with Gasteiger partial charge in [-0.25, -0.2) is 4.98 Å². The number of morpholine rings is 1. The minimum Gasteiger partial charge on any atom is -0.377 e. The van der Waals surface area contributed by atoms with Crippen molar-refractivity contribution in [3.05, 3.63) is 10.6 Å². The Labute approximate surface area is 113 Å². The molecule has 5 heteroatoms. The maximum atomic E-state index is 5.55. The zero-order valence-corrected chi connectivity index (χ0v) is 12.5. The van der Waals surface area contributed by atoms with Gasteiger partial charge < -0.3 is 15.0 Å². The molecule has 1 aromatic heterocycles. The molecule has 2 unspecified atom stereocenters. The van der Waals surface area contributed by atoms with Gasteiger partial charge in [0.05, 0.1) is 24.9 Å². The van der Waals surface area contributed by atoms with Crippen LogP contribution in [0.15, 0.2) is 0 Å². The minimum atomic E-state index is 0.373. The molecule has 2 heterocycles. The van der Waals surface area contributed by atoms with Crippen molar-refractivity contribution in [3.8, 4) is 0 Å². The molecule has 1 aliphatic rings. The smallest absolute Gasteiger partial charge is 0.186 e. The van der Waals surface area contributed by atoms with Gasteiger partial charge in [-0.15, -0.1) is 11.3 Å². The van der Waals surface area contributed by atoms with Gasteiger partial charge in [-0.1, -0.05) is 6.92 Å². The van der Waals surface area contributed by atoms with E-state index in [0.29, 0.717) is 12.1 Å². The summed E-state index contributed by atoms with van der Waals surface area (Å²) in [5.74, 6) is 0. The molecule has 0 aliphatic carbocycles. The fourth-order valence-corrected chi connectivity index (χ4v) is 3.52. The number of aryl methyl sites for hydroxylation is 1.